The summed E-state index contributed by atoms with van der Waals surface area (Å²) in [4.78, 5) is 1.91. The average Bonchev–Trinajstić information content (AvgIpc) is 2.11. The van der Waals surface area contributed by atoms with E-state index < -0.39 is 5.82 Å². The van der Waals surface area contributed by atoms with Crippen LogP contribution in [0.4, 0.5) is 15.8 Å². The molecule has 0 amide bonds. The molecule has 14 heavy (non-hydrogen) atoms. The second-order valence-corrected chi connectivity index (χ2v) is 3.65. The van der Waals surface area contributed by atoms with E-state index in [1.807, 2.05) is 11.9 Å². The van der Waals surface area contributed by atoms with Crippen LogP contribution in [-0.2, 0) is 0 Å². The zero-order chi connectivity index (χ0) is 10.7. The van der Waals surface area contributed by atoms with Crippen molar-refractivity contribution in [3.05, 3.63) is 23.0 Å². The normalized spacial score (nSPS) is 10.3. The van der Waals surface area contributed by atoms with Crippen molar-refractivity contribution in [2.24, 2.45) is 0 Å². The van der Waals surface area contributed by atoms with Gasteiger partial charge in [-0.15, -0.1) is 0 Å². The van der Waals surface area contributed by atoms with Gasteiger partial charge in [0.15, 0.2) is 0 Å². The number of hydrogen-bond acceptors (Lipinski definition) is 2. The van der Waals surface area contributed by atoms with Gasteiger partial charge in [-0.25, -0.2) is 4.39 Å². The molecule has 78 valence electrons. The molecular weight excluding hydrogens is 203 g/mol. The molecule has 0 unspecified atom stereocenters. The smallest absolute Gasteiger partial charge is 0.144 e. The Labute approximate surface area is 88.5 Å². The van der Waals surface area contributed by atoms with Crippen LogP contribution in [0.2, 0.25) is 5.02 Å². The molecule has 0 saturated heterocycles. The molecule has 2 nitrogen and oxygen atoms in total. The van der Waals surface area contributed by atoms with Gasteiger partial charge in [0.2, 0.25) is 0 Å². The molecule has 1 aromatic rings. The van der Waals surface area contributed by atoms with Crippen molar-refractivity contribution in [2.75, 3.05) is 24.2 Å². The van der Waals surface area contributed by atoms with Crippen LogP contribution in [0.25, 0.3) is 0 Å². The fraction of sp³-hybridized carbons (Fsp3) is 0.400. The maximum absolute atomic E-state index is 13.1. The second-order valence-electron chi connectivity index (χ2n) is 3.25. The molecule has 0 radical (unpaired) electrons. The van der Waals surface area contributed by atoms with Crippen molar-refractivity contribution in [1.29, 1.82) is 0 Å². The Morgan fingerprint density at radius 1 is 1.50 bits per heavy atom. The molecule has 0 aliphatic carbocycles. The maximum Gasteiger partial charge on any atom is 0.144 e. The lowest BCUT2D eigenvalue weighted by Crippen LogP contribution is -2.19. The van der Waals surface area contributed by atoms with Crippen LogP contribution < -0.4 is 10.6 Å². The largest absolute Gasteiger partial charge is 0.397 e. The van der Waals surface area contributed by atoms with Crippen molar-refractivity contribution in [2.45, 2.75) is 13.3 Å². The van der Waals surface area contributed by atoms with Gasteiger partial charge >= 0.3 is 0 Å². The minimum Gasteiger partial charge on any atom is -0.397 e. The van der Waals surface area contributed by atoms with Gasteiger partial charge in [-0.2, -0.15) is 0 Å². The minimum absolute atomic E-state index is 0.0659. The van der Waals surface area contributed by atoms with Gasteiger partial charge in [-0.05, 0) is 12.5 Å². The summed E-state index contributed by atoms with van der Waals surface area (Å²) in [7, 11) is 1.88. The first-order valence-corrected chi connectivity index (χ1v) is 4.89. The highest BCUT2D eigenvalue weighted by atomic mass is 35.5. The topological polar surface area (TPSA) is 29.3 Å². The van der Waals surface area contributed by atoms with E-state index in [9.17, 15) is 4.39 Å². The van der Waals surface area contributed by atoms with E-state index in [1.165, 1.54) is 12.1 Å². The fourth-order valence-corrected chi connectivity index (χ4v) is 1.51. The summed E-state index contributed by atoms with van der Waals surface area (Å²) in [5.74, 6) is -0.432. The number of hydrogen-bond donors (Lipinski definition) is 1. The van der Waals surface area contributed by atoms with Crippen molar-refractivity contribution in [3.63, 3.8) is 0 Å². The SMILES string of the molecule is CCCN(C)c1cc(F)c(Cl)cc1N. The molecule has 0 saturated carbocycles. The highest BCUT2D eigenvalue weighted by Crippen LogP contribution is 2.28. The molecule has 0 aliphatic heterocycles. The first-order valence-electron chi connectivity index (χ1n) is 4.52. The highest BCUT2D eigenvalue weighted by molar-refractivity contribution is 6.31. The van der Waals surface area contributed by atoms with Crippen LogP contribution in [0, 0.1) is 5.82 Å². The molecule has 1 aromatic carbocycles. The summed E-state index contributed by atoms with van der Waals surface area (Å²) in [5.41, 5.74) is 6.92. The van der Waals surface area contributed by atoms with E-state index in [0.717, 1.165) is 13.0 Å². The van der Waals surface area contributed by atoms with Crippen molar-refractivity contribution in [3.8, 4) is 0 Å². The van der Waals surface area contributed by atoms with Gasteiger partial charge in [0.25, 0.3) is 0 Å². The van der Waals surface area contributed by atoms with Crippen molar-refractivity contribution >= 4 is 23.0 Å². The Morgan fingerprint density at radius 3 is 2.71 bits per heavy atom. The molecule has 0 aliphatic rings. The Bertz CT molecular complexity index is 328. The third-order valence-electron chi connectivity index (χ3n) is 2.04. The predicted octanol–water partition coefficient (Wildman–Crippen LogP) is 2.91. The first kappa shape index (κ1) is 11.1. The summed E-state index contributed by atoms with van der Waals surface area (Å²) >= 11 is 5.59. The molecule has 2 N–H and O–H groups in total. The lowest BCUT2D eigenvalue weighted by atomic mass is 10.2. The summed E-state index contributed by atoms with van der Waals surface area (Å²) in [6, 6.07) is 2.81. The van der Waals surface area contributed by atoms with Gasteiger partial charge in [0.05, 0.1) is 16.4 Å². The van der Waals surface area contributed by atoms with Gasteiger partial charge in [0.1, 0.15) is 5.82 Å². The molecule has 0 atom stereocenters. The fourth-order valence-electron chi connectivity index (χ4n) is 1.34. The van der Waals surface area contributed by atoms with Crippen LogP contribution >= 0.6 is 11.6 Å². The number of benzene rings is 1. The van der Waals surface area contributed by atoms with Gasteiger partial charge in [0, 0.05) is 19.7 Å². The van der Waals surface area contributed by atoms with E-state index in [1.54, 1.807) is 0 Å². The Kier molecular flexibility index (Phi) is 3.58. The van der Waals surface area contributed by atoms with Gasteiger partial charge in [-0.1, -0.05) is 18.5 Å². The van der Waals surface area contributed by atoms with Crippen LogP contribution in [0.5, 0.6) is 0 Å². The molecular formula is C10H14ClFN2. The molecule has 4 heteroatoms. The lowest BCUT2D eigenvalue weighted by molar-refractivity contribution is 0.627. The molecule has 1 rings (SSSR count). The molecule has 0 bridgehead atoms. The van der Waals surface area contributed by atoms with E-state index >= 15 is 0 Å². The lowest BCUT2D eigenvalue weighted by Gasteiger charge is -2.20. The van der Waals surface area contributed by atoms with Crippen LogP contribution in [0.1, 0.15) is 13.3 Å². The summed E-state index contributed by atoms with van der Waals surface area (Å²) in [5, 5.41) is 0.0659. The standard InChI is InChI=1S/C10H14ClFN2/c1-3-4-14(2)10-6-8(12)7(11)5-9(10)13/h5-6H,3-4,13H2,1-2H3. The Hall–Kier alpha value is -0.960. The monoisotopic (exact) mass is 216 g/mol. The second kappa shape index (κ2) is 4.51. The number of rotatable bonds is 3. The predicted molar refractivity (Wildman–Crippen MR) is 59.4 cm³/mol. The van der Waals surface area contributed by atoms with Crippen LogP contribution in [0.15, 0.2) is 12.1 Å². The minimum atomic E-state index is -0.432. The van der Waals surface area contributed by atoms with Gasteiger partial charge < -0.3 is 10.6 Å². The number of halogens is 2. The Morgan fingerprint density at radius 2 is 2.14 bits per heavy atom. The zero-order valence-corrected chi connectivity index (χ0v) is 9.11. The van der Waals surface area contributed by atoms with Crippen LogP contribution in [0.3, 0.4) is 0 Å². The molecule has 0 spiro atoms. The number of nitrogen functional groups attached to an aromatic ring is 1. The molecule has 0 aromatic heterocycles. The summed E-state index contributed by atoms with van der Waals surface area (Å²) in [6.07, 6.45) is 0.986. The average molecular weight is 217 g/mol. The van der Waals surface area contributed by atoms with E-state index in [4.69, 9.17) is 17.3 Å². The van der Waals surface area contributed by atoms with Crippen molar-refractivity contribution in [1.82, 2.24) is 0 Å². The number of nitrogens with zero attached hydrogens (tertiary/aromatic N) is 1. The maximum atomic E-state index is 13.1. The quantitative estimate of drug-likeness (QED) is 0.788. The van der Waals surface area contributed by atoms with E-state index in [2.05, 4.69) is 6.92 Å². The number of anilines is 2. The first-order chi connectivity index (χ1) is 6.56. The van der Waals surface area contributed by atoms with Crippen LogP contribution in [-0.4, -0.2) is 13.6 Å². The highest BCUT2D eigenvalue weighted by Gasteiger charge is 2.09. The number of nitrogens with two attached hydrogens (primary N) is 1. The third-order valence-corrected chi connectivity index (χ3v) is 2.33. The molecule has 0 heterocycles. The van der Waals surface area contributed by atoms with E-state index in [-0.39, 0.29) is 5.02 Å². The summed E-state index contributed by atoms with van der Waals surface area (Å²) in [6.45, 7) is 2.89. The van der Waals surface area contributed by atoms with Gasteiger partial charge in [-0.3, -0.25) is 0 Å². The summed E-state index contributed by atoms with van der Waals surface area (Å²) < 4.78 is 13.1. The van der Waals surface area contributed by atoms with E-state index in [0.29, 0.717) is 11.4 Å². The van der Waals surface area contributed by atoms with Crippen molar-refractivity contribution < 1.29 is 4.39 Å². The zero-order valence-electron chi connectivity index (χ0n) is 8.35. The Balaban J connectivity index is 3.02. The molecule has 0 fully saturated rings. The third kappa shape index (κ3) is 2.29.